The number of likely N-dealkylation sites (tertiary alicyclic amines) is 1. The molecule has 7 nitrogen and oxygen atoms in total. The molecule has 0 spiro atoms. The Morgan fingerprint density at radius 1 is 1.35 bits per heavy atom. The first kappa shape index (κ1) is 16.8. The molecule has 1 aliphatic rings. The highest BCUT2D eigenvalue weighted by Crippen LogP contribution is 2.23. The number of hydrogen-bond donors (Lipinski definition) is 2. The first-order valence-corrected chi connectivity index (χ1v) is 8.81. The van der Waals surface area contributed by atoms with Crippen molar-refractivity contribution < 1.29 is 14.4 Å². The molecule has 1 saturated heterocycles. The molecule has 0 bridgehead atoms. The summed E-state index contributed by atoms with van der Waals surface area (Å²) in [6.07, 6.45) is 0.363. The first-order valence-electron chi connectivity index (χ1n) is 8.81. The van der Waals surface area contributed by atoms with Crippen LogP contribution in [0.25, 0.3) is 11.0 Å². The Morgan fingerprint density at radius 2 is 2.19 bits per heavy atom. The highest BCUT2D eigenvalue weighted by molar-refractivity contribution is 5.82. The number of β-amino-alcohol motifs (C(OH)–C–C–N with tert-alkyl or cyclic N) is 1. The number of H-pyrrole nitrogens is 1. The molecule has 3 heterocycles. The van der Waals surface area contributed by atoms with Crippen molar-refractivity contribution in [2.24, 2.45) is 5.92 Å². The minimum absolute atomic E-state index is 0.0240. The molecule has 136 valence electrons. The van der Waals surface area contributed by atoms with Crippen LogP contribution in [-0.2, 0) is 17.6 Å². The second-order valence-electron chi connectivity index (χ2n) is 7.12. The number of aromatic nitrogens is 3. The predicted molar refractivity (Wildman–Crippen MR) is 95.6 cm³/mol. The molecule has 1 amide bonds. The van der Waals surface area contributed by atoms with Crippen LogP contribution in [0.15, 0.2) is 28.8 Å². The lowest BCUT2D eigenvalue weighted by Crippen LogP contribution is -2.31. The molecule has 4 rings (SSSR count). The lowest BCUT2D eigenvalue weighted by molar-refractivity contribution is -0.129. The number of aromatic amines is 1. The second kappa shape index (κ2) is 6.57. The fourth-order valence-electron chi connectivity index (χ4n) is 3.61. The zero-order valence-corrected chi connectivity index (χ0v) is 14.9. The predicted octanol–water partition coefficient (Wildman–Crippen LogP) is 1.77. The molecule has 7 heteroatoms. The van der Waals surface area contributed by atoms with E-state index in [1.54, 1.807) is 4.90 Å². The summed E-state index contributed by atoms with van der Waals surface area (Å²) in [4.78, 5) is 22.0. The van der Waals surface area contributed by atoms with Crippen LogP contribution >= 0.6 is 0 Å². The number of carbonyl (C=O) groups excluding carboxylic acids is 1. The number of aliphatic hydroxyl groups is 1. The van der Waals surface area contributed by atoms with Gasteiger partial charge in [-0.15, -0.1) is 0 Å². The number of carbonyl (C=O) groups is 1. The number of rotatable bonds is 4. The molecule has 1 aromatic carbocycles. The molecule has 0 radical (unpaired) electrons. The van der Waals surface area contributed by atoms with E-state index in [4.69, 9.17) is 4.52 Å². The van der Waals surface area contributed by atoms with E-state index in [0.29, 0.717) is 25.9 Å². The molecule has 1 fully saturated rings. The summed E-state index contributed by atoms with van der Waals surface area (Å²) in [5, 5.41) is 14.2. The summed E-state index contributed by atoms with van der Waals surface area (Å²) in [6, 6.07) is 7.70. The van der Waals surface area contributed by atoms with Gasteiger partial charge >= 0.3 is 0 Å². The Hall–Kier alpha value is -2.67. The molecule has 2 aromatic heterocycles. The quantitative estimate of drug-likeness (QED) is 0.744. The maximum atomic E-state index is 12.7. The fraction of sp³-hybridized carbons (Fsp3) is 0.421. The molecule has 26 heavy (non-hydrogen) atoms. The largest absolute Gasteiger partial charge is 0.391 e. The third-order valence-electron chi connectivity index (χ3n) is 4.92. The van der Waals surface area contributed by atoms with Crippen molar-refractivity contribution in [2.75, 3.05) is 13.1 Å². The number of hydrogen-bond acceptors (Lipinski definition) is 5. The van der Waals surface area contributed by atoms with Gasteiger partial charge in [-0.05, 0) is 31.5 Å². The first-order chi connectivity index (χ1) is 12.5. The zero-order chi connectivity index (χ0) is 18.3. The van der Waals surface area contributed by atoms with Gasteiger partial charge in [-0.2, -0.15) is 0 Å². The molecule has 3 aromatic rings. The molecule has 1 aliphatic heterocycles. The van der Waals surface area contributed by atoms with E-state index in [1.165, 1.54) is 0 Å². The Morgan fingerprint density at radius 3 is 2.96 bits per heavy atom. The molecule has 0 saturated carbocycles. The van der Waals surface area contributed by atoms with Gasteiger partial charge in [0, 0.05) is 31.5 Å². The second-order valence-corrected chi connectivity index (χ2v) is 7.12. The van der Waals surface area contributed by atoms with Crippen LogP contribution in [0.2, 0.25) is 0 Å². The molecule has 2 atom stereocenters. The van der Waals surface area contributed by atoms with E-state index in [-0.39, 0.29) is 11.8 Å². The fourth-order valence-corrected chi connectivity index (χ4v) is 3.61. The van der Waals surface area contributed by atoms with Gasteiger partial charge < -0.3 is 19.5 Å². The summed E-state index contributed by atoms with van der Waals surface area (Å²) >= 11 is 0. The molecule has 0 aliphatic carbocycles. The zero-order valence-electron chi connectivity index (χ0n) is 14.9. The SMILES string of the molecule is Cc1cc(C[C@@H]2CN(C(=O)Cc3ccc4nc(C)[nH]c4c3)C[C@H]2O)on1. The molecule has 0 unspecified atom stereocenters. The van der Waals surface area contributed by atoms with Gasteiger partial charge in [0.05, 0.1) is 29.3 Å². The summed E-state index contributed by atoms with van der Waals surface area (Å²) in [7, 11) is 0. The van der Waals surface area contributed by atoms with Crippen LogP contribution in [0.3, 0.4) is 0 Å². The summed E-state index contributed by atoms with van der Waals surface area (Å²) in [5.41, 5.74) is 3.60. The van der Waals surface area contributed by atoms with Crippen molar-refractivity contribution in [3.05, 3.63) is 47.1 Å². The topological polar surface area (TPSA) is 95.2 Å². The van der Waals surface area contributed by atoms with Crippen molar-refractivity contribution in [3.8, 4) is 0 Å². The number of aliphatic hydroxyl groups excluding tert-OH is 1. The van der Waals surface area contributed by atoms with E-state index < -0.39 is 6.10 Å². The normalized spacial score (nSPS) is 20.2. The van der Waals surface area contributed by atoms with Gasteiger partial charge in [-0.25, -0.2) is 4.98 Å². The number of fused-ring (bicyclic) bond motifs is 1. The number of nitrogens with one attached hydrogen (secondary N) is 1. The van der Waals surface area contributed by atoms with Crippen LogP contribution in [-0.4, -0.2) is 50.2 Å². The van der Waals surface area contributed by atoms with E-state index in [9.17, 15) is 9.90 Å². The maximum Gasteiger partial charge on any atom is 0.227 e. The minimum Gasteiger partial charge on any atom is -0.391 e. The van der Waals surface area contributed by atoms with Crippen LogP contribution < -0.4 is 0 Å². The average Bonchev–Trinajstić information content (AvgIpc) is 3.26. The van der Waals surface area contributed by atoms with Gasteiger partial charge in [0.2, 0.25) is 5.91 Å². The third-order valence-corrected chi connectivity index (χ3v) is 4.92. The standard InChI is InChI=1S/C19H22N4O3/c1-11-5-15(26-22-11)8-14-9-23(10-18(14)24)19(25)7-13-3-4-16-17(6-13)21-12(2)20-16/h3-6,14,18,24H,7-10H2,1-2H3,(H,20,21)/t14-,18-/m1/s1. The Balaban J connectivity index is 1.41. The maximum absolute atomic E-state index is 12.7. The van der Waals surface area contributed by atoms with E-state index >= 15 is 0 Å². The highest BCUT2D eigenvalue weighted by atomic mass is 16.5. The summed E-state index contributed by atoms with van der Waals surface area (Å²) in [6.45, 7) is 4.67. The van der Waals surface area contributed by atoms with Crippen molar-refractivity contribution in [2.45, 2.75) is 32.8 Å². The Labute approximate surface area is 151 Å². The van der Waals surface area contributed by atoms with Crippen LogP contribution in [0.1, 0.15) is 22.8 Å². The summed E-state index contributed by atoms with van der Waals surface area (Å²) < 4.78 is 5.23. The Kier molecular flexibility index (Phi) is 4.24. The van der Waals surface area contributed by atoms with E-state index in [1.807, 2.05) is 38.1 Å². The molecular formula is C19H22N4O3. The van der Waals surface area contributed by atoms with Crippen LogP contribution in [0.5, 0.6) is 0 Å². The summed E-state index contributed by atoms with van der Waals surface area (Å²) in [5.74, 6) is 1.61. The van der Waals surface area contributed by atoms with Crippen molar-refractivity contribution in [3.63, 3.8) is 0 Å². The van der Waals surface area contributed by atoms with Gasteiger partial charge in [-0.3, -0.25) is 4.79 Å². The number of benzene rings is 1. The average molecular weight is 354 g/mol. The third kappa shape index (κ3) is 3.35. The van der Waals surface area contributed by atoms with E-state index in [0.717, 1.165) is 33.9 Å². The van der Waals surface area contributed by atoms with Crippen LogP contribution in [0.4, 0.5) is 0 Å². The number of amides is 1. The van der Waals surface area contributed by atoms with Crippen molar-refractivity contribution in [1.29, 1.82) is 0 Å². The van der Waals surface area contributed by atoms with Gasteiger partial charge in [-0.1, -0.05) is 11.2 Å². The Bertz CT molecular complexity index is 945. The lowest BCUT2D eigenvalue weighted by atomic mass is 10.0. The van der Waals surface area contributed by atoms with Crippen LogP contribution in [0, 0.1) is 19.8 Å². The van der Waals surface area contributed by atoms with E-state index in [2.05, 4.69) is 15.1 Å². The highest BCUT2D eigenvalue weighted by Gasteiger charge is 2.34. The number of imidazole rings is 1. The monoisotopic (exact) mass is 354 g/mol. The van der Waals surface area contributed by atoms with Crippen molar-refractivity contribution >= 4 is 16.9 Å². The van der Waals surface area contributed by atoms with Gasteiger partial charge in [0.15, 0.2) is 0 Å². The molecular weight excluding hydrogens is 332 g/mol. The smallest absolute Gasteiger partial charge is 0.227 e. The van der Waals surface area contributed by atoms with Crippen molar-refractivity contribution in [1.82, 2.24) is 20.0 Å². The van der Waals surface area contributed by atoms with Gasteiger partial charge in [0.1, 0.15) is 11.6 Å². The van der Waals surface area contributed by atoms with Gasteiger partial charge in [0.25, 0.3) is 0 Å². The minimum atomic E-state index is -0.540. The lowest BCUT2D eigenvalue weighted by Gasteiger charge is -2.16. The number of nitrogens with zero attached hydrogens (tertiary/aromatic N) is 3. The molecule has 2 N–H and O–H groups in total. The number of aryl methyl sites for hydroxylation is 2.